The largest absolute Gasteiger partial charge is 0.374 e. The lowest BCUT2D eigenvalue weighted by Crippen LogP contribution is -2.47. The number of nitrogens with zero attached hydrogens (tertiary/aromatic N) is 2. The summed E-state index contributed by atoms with van der Waals surface area (Å²) in [6.45, 7) is 7.30. The van der Waals surface area contributed by atoms with Gasteiger partial charge in [-0.3, -0.25) is 10.00 Å². The van der Waals surface area contributed by atoms with E-state index in [4.69, 9.17) is 4.74 Å². The summed E-state index contributed by atoms with van der Waals surface area (Å²) >= 11 is 0. The number of aromatic amines is 1. The highest BCUT2D eigenvalue weighted by atomic mass is 32.2. The Bertz CT molecular complexity index is 514. The van der Waals surface area contributed by atoms with Gasteiger partial charge in [0.1, 0.15) is 4.90 Å². The molecule has 0 radical (unpaired) electrons. The number of rotatable bonds is 5. The van der Waals surface area contributed by atoms with Gasteiger partial charge >= 0.3 is 0 Å². The van der Waals surface area contributed by atoms with E-state index in [-0.39, 0.29) is 17.5 Å². The summed E-state index contributed by atoms with van der Waals surface area (Å²) < 4.78 is 32.3. The second kappa shape index (κ2) is 6.00. The van der Waals surface area contributed by atoms with E-state index >= 15 is 0 Å². The fourth-order valence-electron chi connectivity index (χ4n) is 2.08. The van der Waals surface area contributed by atoms with Crippen LogP contribution in [0.3, 0.4) is 0 Å². The molecule has 1 aliphatic heterocycles. The third kappa shape index (κ3) is 3.53. The molecule has 1 atom stereocenters. The molecule has 19 heavy (non-hydrogen) atoms. The molecule has 1 aromatic rings. The summed E-state index contributed by atoms with van der Waals surface area (Å²) in [7, 11) is -3.51. The van der Waals surface area contributed by atoms with Gasteiger partial charge < -0.3 is 4.74 Å². The summed E-state index contributed by atoms with van der Waals surface area (Å²) in [6.07, 6.45) is 1.22. The maximum absolute atomic E-state index is 12.1. The van der Waals surface area contributed by atoms with E-state index in [1.54, 1.807) is 6.92 Å². The van der Waals surface area contributed by atoms with Gasteiger partial charge in [0, 0.05) is 19.6 Å². The fraction of sp³-hybridized carbons (Fsp3) is 0.727. The first-order valence-electron chi connectivity index (χ1n) is 6.36. The molecule has 0 aliphatic carbocycles. The quantitative estimate of drug-likeness (QED) is 0.778. The summed E-state index contributed by atoms with van der Waals surface area (Å²) in [5.74, 6) is 0. The van der Waals surface area contributed by atoms with Gasteiger partial charge in [-0.1, -0.05) is 6.92 Å². The zero-order chi connectivity index (χ0) is 13.9. The predicted octanol–water partition coefficient (Wildman–Crippen LogP) is -0.283. The second-order valence-electron chi connectivity index (χ2n) is 4.60. The number of aromatic nitrogens is 2. The number of likely N-dealkylation sites (N-methyl/N-ethyl adjacent to an activating group) is 1. The Morgan fingerprint density at radius 2 is 2.42 bits per heavy atom. The zero-order valence-corrected chi connectivity index (χ0v) is 12.0. The molecular formula is C11H20N4O3S. The van der Waals surface area contributed by atoms with Crippen LogP contribution in [0.2, 0.25) is 0 Å². The summed E-state index contributed by atoms with van der Waals surface area (Å²) in [5.41, 5.74) is 0.534. The van der Waals surface area contributed by atoms with Crippen LogP contribution < -0.4 is 4.72 Å². The smallest absolute Gasteiger partial charge is 0.244 e. The monoisotopic (exact) mass is 288 g/mol. The third-order valence-corrected chi connectivity index (χ3v) is 4.78. The van der Waals surface area contributed by atoms with Gasteiger partial charge in [-0.25, -0.2) is 13.1 Å². The number of morpholine rings is 1. The van der Waals surface area contributed by atoms with Crippen LogP contribution in [-0.4, -0.2) is 62.4 Å². The van der Waals surface area contributed by atoms with Crippen molar-refractivity contribution >= 4 is 10.0 Å². The molecule has 8 heteroatoms. The van der Waals surface area contributed by atoms with Crippen LogP contribution in [0.4, 0.5) is 0 Å². The minimum Gasteiger partial charge on any atom is -0.374 e. The summed E-state index contributed by atoms with van der Waals surface area (Å²) in [5, 5.41) is 6.34. The first kappa shape index (κ1) is 14.4. The van der Waals surface area contributed by atoms with Gasteiger partial charge in [0.2, 0.25) is 10.0 Å². The third-order valence-electron chi connectivity index (χ3n) is 3.24. The van der Waals surface area contributed by atoms with Gasteiger partial charge in [0.15, 0.2) is 0 Å². The Morgan fingerprint density at radius 1 is 1.63 bits per heavy atom. The van der Waals surface area contributed by atoms with Crippen LogP contribution in [-0.2, 0) is 14.8 Å². The SMILES string of the molecule is CCN1CCOC(CNS(=O)(=O)c2cn[nH]c2C)C1. The van der Waals surface area contributed by atoms with Crippen molar-refractivity contribution < 1.29 is 13.2 Å². The Hall–Kier alpha value is -0.960. The molecule has 1 aromatic heterocycles. The van der Waals surface area contributed by atoms with Gasteiger partial charge in [-0.05, 0) is 13.5 Å². The number of H-pyrrole nitrogens is 1. The van der Waals surface area contributed by atoms with Crippen molar-refractivity contribution in [3.63, 3.8) is 0 Å². The average molecular weight is 288 g/mol. The lowest BCUT2D eigenvalue weighted by Gasteiger charge is -2.32. The molecule has 2 heterocycles. The molecule has 2 rings (SSSR count). The Labute approximate surface area is 113 Å². The van der Waals surface area contributed by atoms with Crippen molar-refractivity contribution in [3.8, 4) is 0 Å². The van der Waals surface area contributed by atoms with Crippen LogP contribution in [0.5, 0.6) is 0 Å². The Kier molecular flexibility index (Phi) is 4.56. The van der Waals surface area contributed by atoms with Gasteiger partial charge in [0.05, 0.1) is 24.6 Å². The molecule has 1 unspecified atom stereocenters. The van der Waals surface area contributed by atoms with E-state index in [1.807, 2.05) is 0 Å². The molecule has 0 aromatic carbocycles. The molecule has 0 saturated carbocycles. The Balaban J connectivity index is 1.93. The van der Waals surface area contributed by atoms with Gasteiger partial charge in [0.25, 0.3) is 0 Å². The number of hydrogen-bond acceptors (Lipinski definition) is 5. The van der Waals surface area contributed by atoms with Gasteiger partial charge in [-0.2, -0.15) is 5.10 Å². The van der Waals surface area contributed by atoms with Gasteiger partial charge in [-0.15, -0.1) is 0 Å². The average Bonchev–Trinajstić information content (AvgIpc) is 2.84. The lowest BCUT2D eigenvalue weighted by molar-refractivity contribution is -0.0229. The van der Waals surface area contributed by atoms with E-state index in [2.05, 4.69) is 26.7 Å². The molecule has 0 amide bonds. The first-order valence-corrected chi connectivity index (χ1v) is 7.85. The number of aryl methyl sites for hydroxylation is 1. The highest BCUT2D eigenvalue weighted by Gasteiger charge is 2.23. The van der Waals surface area contributed by atoms with Crippen molar-refractivity contribution in [2.45, 2.75) is 24.8 Å². The lowest BCUT2D eigenvalue weighted by atomic mass is 10.3. The zero-order valence-electron chi connectivity index (χ0n) is 11.2. The van der Waals surface area contributed by atoms with Crippen LogP contribution in [0, 0.1) is 6.92 Å². The highest BCUT2D eigenvalue weighted by Crippen LogP contribution is 2.11. The molecule has 2 N–H and O–H groups in total. The van der Waals surface area contributed by atoms with E-state index in [0.717, 1.165) is 19.6 Å². The predicted molar refractivity (Wildman–Crippen MR) is 70.4 cm³/mol. The van der Waals surface area contributed by atoms with E-state index in [1.165, 1.54) is 6.20 Å². The molecule has 108 valence electrons. The van der Waals surface area contributed by atoms with E-state index in [0.29, 0.717) is 12.3 Å². The number of sulfonamides is 1. The van der Waals surface area contributed by atoms with E-state index in [9.17, 15) is 8.42 Å². The summed E-state index contributed by atoms with van der Waals surface area (Å²) in [4.78, 5) is 2.43. The molecule has 7 nitrogen and oxygen atoms in total. The first-order chi connectivity index (χ1) is 9.03. The molecule has 1 saturated heterocycles. The molecular weight excluding hydrogens is 268 g/mol. The van der Waals surface area contributed by atoms with Crippen LogP contribution in [0.25, 0.3) is 0 Å². The highest BCUT2D eigenvalue weighted by molar-refractivity contribution is 7.89. The topological polar surface area (TPSA) is 87.3 Å². The summed E-state index contributed by atoms with van der Waals surface area (Å²) in [6, 6.07) is 0. The maximum Gasteiger partial charge on any atom is 0.244 e. The standard InChI is InChI=1S/C11H20N4O3S/c1-3-15-4-5-18-10(8-15)6-13-19(16,17)11-7-12-14-9(11)2/h7,10,13H,3-6,8H2,1-2H3,(H,12,14). The van der Waals surface area contributed by atoms with Crippen molar-refractivity contribution in [1.29, 1.82) is 0 Å². The normalized spacial score (nSPS) is 21.7. The minimum absolute atomic E-state index is 0.101. The molecule has 1 fully saturated rings. The maximum atomic E-state index is 12.1. The minimum atomic E-state index is -3.51. The van der Waals surface area contributed by atoms with Crippen molar-refractivity contribution in [1.82, 2.24) is 19.8 Å². The molecule has 1 aliphatic rings. The second-order valence-corrected chi connectivity index (χ2v) is 6.33. The number of hydrogen-bond donors (Lipinski definition) is 2. The Morgan fingerprint density at radius 3 is 3.05 bits per heavy atom. The molecule has 0 bridgehead atoms. The van der Waals surface area contributed by atoms with Crippen LogP contribution in [0.15, 0.2) is 11.1 Å². The molecule has 0 spiro atoms. The number of nitrogens with one attached hydrogen (secondary N) is 2. The number of ether oxygens (including phenoxy) is 1. The van der Waals surface area contributed by atoms with Crippen molar-refractivity contribution in [2.75, 3.05) is 32.8 Å². The van der Waals surface area contributed by atoms with Crippen molar-refractivity contribution in [2.24, 2.45) is 0 Å². The van der Waals surface area contributed by atoms with Crippen LogP contribution in [0.1, 0.15) is 12.6 Å². The van der Waals surface area contributed by atoms with Crippen LogP contribution >= 0.6 is 0 Å². The van der Waals surface area contributed by atoms with Crippen molar-refractivity contribution in [3.05, 3.63) is 11.9 Å². The van der Waals surface area contributed by atoms with E-state index < -0.39 is 10.0 Å². The fourth-order valence-corrected chi connectivity index (χ4v) is 3.28.